The molecule has 0 spiro atoms. The van der Waals surface area contributed by atoms with Gasteiger partial charge in [0.2, 0.25) is 6.79 Å². The van der Waals surface area contributed by atoms with Gasteiger partial charge in [0.15, 0.2) is 21.3 Å². The van der Waals surface area contributed by atoms with Gasteiger partial charge in [0.05, 0.1) is 11.3 Å². The van der Waals surface area contributed by atoms with Crippen molar-refractivity contribution in [1.82, 2.24) is 0 Å². The van der Waals surface area contributed by atoms with E-state index in [4.69, 9.17) is 9.47 Å². The maximum atomic E-state index is 12.1. The molecule has 0 N–H and O–H groups in total. The molecule has 3 atom stereocenters. The smallest absolute Gasteiger partial charge is 0.231 e. The zero-order valence-corrected chi connectivity index (χ0v) is 12.1. The fraction of sp³-hybridized carbons (Fsp3) is 0.429. The molecule has 7 heteroatoms. The summed E-state index contributed by atoms with van der Waals surface area (Å²) in [6.45, 7) is 1.62. The number of nitrogens with zero attached hydrogens (tertiary/aromatic N) is 1. The van der Waals surface area contributed by atoms with Crippen LogP contribution in [0.4, 0.5) is 0 Å². The molecule has 1 aliphatic carbocycles. The Bertz CT molecular complexity index is 751. The number of benzene rings is 1. The van der Waals surface area contributed by atoms with Crippen LogP contribution < -0.4 is 9.47 Å². The highest BCUT2D eigenvalue weighted by Gasteiger charge is 2.72. The van der Waals surface area contributed by atoms with E-state index in [1.54, 1.807) is 18.2 Å². The number of carbonyl (C=O) groups excluding carboxylic acids is 1. The fourth-order valence-electron chi connectivity index (χ4n) is 2.92. The van der Waals surface area contributed by atoms with Crippen LogP contribution in [0.2, 0.25) is 0 Å². The molecule has 2 aliphatic rings. The first kappa shape index (κ1) is 13.9. The monoisotopic (exact) mass is 307 g/mol. The van der Waals surface area contributed by atoms with Crippen LogP contribution in [0.3, 0.4) is 0 Å². The van der Waals surface area contributed by atoms with Crippen LogP contribution in [0.15, 0.2) is 18.2 Å². The molecule has 0 unspecified atom stereocenters. The summed E-state index contributed by atoms with van der Waals surface area (Å²) in [5.74, 6) is 0.322. The number of rotatable bonds is 4. The third-order valence-corrected chi connectivity index (χ3v) is 6.35. The first-order valence-corrected chi connectivity index (χ1v) is 8.20. The highest BCUT2D eigenvalue weighted by Crippen LogP contribution is 2.62. The Morgan fingerprint density at radius 1 is 1.43 bits per heavy atom. The van der Waals surface area contributed by atoms with Gasteiger partial charge in [0.1, 0.15) is 11.7 Å². The van der Waals surface area contributed by atoms with E-state index in [1.807, 2.05) is 6.07 Å². The van der Waals surface area contributed by atoms with E-state index in [1.165, 1.54) is 6.92 Å². The lowest BCUT2D eigenvalue weighted by Gasteiger charge is -2.02. The molecule has 1 aromatic carbocycles. The second kappa shape index (κ2) is 4.46. The van der Waals surface area contributed by atoms with Crippen LogP contribution in [0, 0.1) is 16.7 Å². The van der Waals surface area contributed by atoms with Crippen molar-refractivity contribution < 1.29 is 22.7 Å². The summed E-state index contributed by atoms with van der Waals surface area (Å²) in [7, 11) is -3.49. The van der Waals surface area contributed by atoms with E-state index >= 15 is 0 Å². The molecule has 6 nitrogen and oxygen atoms in total. The van der Waals surface area contributed by atoms with Gasteiger partial charge in [0, 0.05) is 11.7 Å². The van der Waals surface area contributed by atoms with Gasteiger partial charge in [-0.1, -0.05) is 13.0 Å². The van der Waals surface area contributed by atoms with Gasteiger partial charge in [-0.25, -0.2) is 8.42 Å². The molecule has 0 radical (unpaired) electrons. The summed E-state index contributed by atoms with van der Waals surface area (Å²) in [6, 6.07) is 6.88. The summed E-state index contributed by atoms with van der Waals surface area (Å²) < 4.78 is 34.7. The third kappa shape index (κ3) is 1.83. The first-order chi connectivity index (χ1) is 10.00. The van der Waals surface area contributed by atoms with Crippen LogP contribution in [0.25, 0.3) is 0 Å². The largest absolute Gasteiger partial charge is 0.454 e. The Balaban J connectivity index is 2.05. The highest BCUT2D eigenvalue weighted by molar-refractivity contribution is 7.92. The highest BCUT2D eigenvalue weighted by atomic mass is 32.2. The molecule has 0 aromatic heterocycles. The topological polar surface area (TPSA) is 93.5 Å². The molecule has 1 heterocycles. The van der Waals surface area contributed by atoms with E-state index < -0.39 is 26.4 Å². The van der Waals surface area contributed by atoms with Crippen LogP contribution in [-0.2, 0) is 14.6 Å². The molecule has 0 bridgehead atoms. The van der Waals surface area contributed by atoms with Gasteiger partial charge >= 0.3 is 0 Å². The molecule has 0 saturated heterocycles. The van der Waals surface area contributed by atoms with Gasteiger partial charge in [-0.15, -0.1) is 0 Å². The van der Waals surface area contributed by atoms with Crippen molar-refractivity contribution in [2.75, 3.05) is 12.5 Å². The fourth-order valence-corrected chi connectivity index (χ4v) is 4.84. The number of sulfone groups is 1. The van der Waals surface area contributed by atoms with Crippen molar-refractivity contribution in [2.24, 2.45) is 5.41 Å². The lowest BCUT2D eigenvalue weighted by atomic mass is 10.0. The molecule has 1 aromatic rings. The minimum Gasteiger partial charge on any atom is -0.454 e. The van der Waals surface area contributed by atoms with Gasteiger partial charge in [-0.2, -0.15) is 5.26 Å². The van der Waals surface area contributed by atoms with E-state index in [-0.39, 0.29) is 12.5 Å². The van der Waals surface area contributed by atoms with Gasteiger partial charge in [-0.05, 0) is 17.7 Å². The van der Waals surface area contributed by atoms with Gasteiger partial charge < -0.3 is 14.3 Å². The summed E-state index contributed by atoms with van der Waals surface area (Å²) >= 11 is 0. The molecular formula is C14H13NO5S. The lowest BCUT2D eigenvalue weighted by molar-refractivity contribution is -0.110. The zero-order valence-electron chi connectivity index (χ0n) is 11.3. The van der Waals surface area contributed by atoms with Crippen LogP contribution in [-0.4, -0.2) is 32.5 Å². The molecule has 1 aliphatic heterocycles. The van der Waals surface area contributed by atoms with Crippen LogP contribution >= 0.6 is 0 Å². The molecule has 1 saturated carbocycles. The molecule has 3 rings (SSSR count). The van der Waals surface area contributed by atoms with Gasteiger partial charge in [0.25, 0.3) is 0 Å². The Morgan fingerprint density at radius 2 is 2.14 bits per heavy atom. The lowest BCUT2D eigenvalue weighted by Crippen LogP contribution is -2.17. The number of fused-ring (bicyclic) bond motifs is 1. The predicted octanol–water partition coefficient (Wildman–Crippen LogP) is 1.02. The van der Waals surface area contributed by atoms with Crippen molar-refractivity contribution in [3.63, 3.8) is 0 Å². The Labute approximate surface area is 122 Å². The zero-order chi connectivity index (χ0) is 15.3. The summed E-state index contributed by atoms with van der Waals surface area (Å²) in [6.07, 6.45) is 0.458. The van der Waals surface area contributed by atoms with Crippen molar-refractivity contribution >= 4 is 16.1 Å². The quantitative estimate of drug-likeness (QED) is 0.771. The average Bonchev–Trinajstić information content (AvgIpc) is 2.98. The SMILES string of the molecule is CCS(=O)(=O)[C@H]1[C@@H](c2ccc3c(c2)OCO3)[C@@]1(C#N)C=O. The van der Waals surface area contributed by atoms with Crippen molar-refractivity contribution in [2.45, 2.75) is 18.1 Å². The number of carbonyl (C=O) groups is 1. The van der Waals surface area contributed by atoms with E-state index in [0.717, 1.165) is 0 Å². The van der Waals surface area contributed by atoms with E-state index in [2.05, 4.69) is 0 Å². The van der Waals surface area contributed by atoms with E-state index in [9.17, 15) is 18.5 Å². The van der Waals surface area contributed by atoms with Gasteiger partial charge in [-0.3, -0.25) is 0 Å². The number of hydrogen-bond donors (Lipinski definition) is 0. The maximum Gasteiger partial charge on any atom is 0.231 e. The standard InChI is InChI=1S/C14H13NO5S/c1-2-21(17,18)13-12(14(13,6-15)7-16)9-3-4-10-11(5-9)20-8-19-10/h3-5,7,12-13H,2,8H2,1H3/t12-,13+,14-/m1/s1. The minimum atomic E-state index is -3.49. The summed E-state index contributed by atoms with van der Waals surface area (Å²) in [5.41, 5.74) is -0.891. The Morgan fingerprint density at radius 3 is 2.76 bits per heavy atom. The predicted molar refractivity (Wildman–Crippen MR) is 72.7 cm³/mol. The molecule has 21 heavy (non-hydrogen) atoms. The molecular weight excluding hydrogens is 294 g/mol. The normalized spacial score (nSPS) is 29.7. The second-order valence-corrected chi connectivity index (χ2v) is 7.54. The summed E-state index contributed by atoms with van der Waals surface area (Å²) in [5, 5.41) is 8.32. The minimum absolute atomic E-state index is 0.101. The van der Waals surface area contributed by atoms with Crippen molar-refractivity contribution in [1.29, 1.82) is 5.26 Å². The van der Waals surface area contributed by atoms with Crippen molar-refractivity contribution in [3.05, 3.63) is 23.8 Å². The number of nitriles is 1. The molecule has 0 amide bonds. The third-order valence-electron chi connectivity index (χ3n) is 4.11. The number of ether oxygens (including phenoxy) is 2. The molecule has 110 valence electrons. The Hall–Kier alpha value is -2.07. The Kier molecular flexibility index (Phi) is 2.95. The number of aldehydes is 1. The van der Waals surface area contributed by atoms with E-state index in [0.29, 0.717) is 23.3 Å². The first-order valence-electron chi connectivity index (χ1n) is 6.49. The molecule has 1 fully saturated rings. The second-order valence-electron chi connectivity index (χ2n) is 5.13. The van der Waals surface area contributed by atoms with Crippen LogP contribution in [0.1, 0.15) is 18.4 Å². The maximum absolute atomic E-state index is 12.1. The van der Waals surface area contributed by atoms with Crippen molar-refractivity contribution in [3.8, 4) is 17.6 Å². The summed E-state index contributed by atoms with van der Waals surface area (Å²) in [4.78, 5) is 11.4. The van der Waals surface area contributed by atoms with Crippen LogP contribution in [0.5, 0.6) is 11.5 Å². The number of hydrogen-bond acceptors (Lipinski definition) is 6. The average molecular weight is 307 g/mol.